The molecule has 0 aliphatic rings. The fraction of sp³-hybridized carbons (Fsp3) is 0.364. The molecule has 0 radical (unpaired) electrons. The van der Waals surface area contributed by atoms with Gasteiger partial charge in [-0.15, -0.1) is 11.3 Å². The molecule has 1 aromatic rings. The highest BCUT2D eigenvalue weighted by molar-refractivity contribution is 9.11. The highest BCUT2D eigenvalue weighted by Gasteiger charge is 2.22. The smallest absolute Gasteiger partial charge is 0.323 e. The molecule has 0 aliphatic heterocycles. The third kappa shape index (κ3) is 5.17. The molecule has 0 saturated heterocycles. The minimum Gasteiger partial charge on any atom is -0.480 e. The lowest BCUT2D eigenvalue weighted by Gasteiger charge is -2.25. The second-order valence-corrected chi connectivity index (χ2v) is 6.40. The van der Waals surface area contributed by atoms with Crippen LogP contribution in [0.25, 0.3) is 0 Å². The van der Waals surface area contributed by atoms with Gasteiger partial charge in [0, 0.05) is 13.6 Å². The van der Waals surface area contributed by atoms with E-state index in [1.807, 2.05) is 11.4 Å². The van der Waals surface area contributed by atoms with Crippen LogP contribution >= 0.6 is 27.3 Å². The number of carbonyl (C=O) groups is 3. The van der Waals surface area contributed by atoms with Crippen LogP contribution in [0.4, 0.5) is 4.79 Å². The Balaban J connectivity index is 2.71. The summed E-state index contributed by atoms with van der Waals surface area (Å²) in [7, 11) is 1.53. The van der Waals surface area contributed by atoms with E-state index in [1.165, 1.54) is 23.3 Å². The zero-order chi connectivity index (χ0) is 15.3. The molecule has 1 heterocycles. The van der Waals surface area contributed by atoms with Crippen LogP contribution in [0.2, 0.25) is 0 Å². The summed E-state index contributed by atoms with van der Waals surface area (Å²) in [6.07, 6.45) is 0. The van der Waals surface area contributed by atoms with Gasteiger partial charge in [-0.3, -0.25) is 9.59 Å². The highest BCUT2D eigenvalue weighted by atomic mass is 79.9. The van der Waals surface area contributed by atoms with Gasteiger partial charge in [-0.05, 0) is 32.9 Å². The van der Waals surface area contributed by atoms with E-state index >= 15 is 0 Å². The summed E-state index contributed by atoms with van der Waals surface area (Å²) in [5, 5.41) is 10.6. The van der Waals surface area contributed by atoms with Crippen LogP contribution in [0.5, 0.6) is 0 Å². The first kappa shape index (κ1) is 16.4. The van der Waals surface area contributed by atoms with Crippen molar-refractivity contribution in [1.29, 1.82) is 0 Å². The standard InChI is InChI=1S/C11H14BrN3O4S/c1-14(3-7-2-8(12)20-6-7)11(19)15(4-9(13)16)5-10(17)18/h2,6H,3-5H2,1H3,(H2,13,16)(H,17,18). The minimum atomic E-state index is -1.20. The highest BCUT2D eigenvalue weighted by Crippen LogP contribution is 2.21. The number of amides is 3. The van der Waals surface area contributed by atoms with E-state index < -0.39 is 31.0 Å². The molecule has 1 aromatic heterocycles. The summed E-state index contributed by atoms with van der Waals surface area (Å²) in [5.41, 5.74) is 5.92. The number of nitrogens with zero attached hydrogens (tertiary/aromatic N) is 2. The molecule has 3 N–H and O–H groups in total. The molecule has 20 heavy (non-hydrogen) atoms. The Kier molecular flexibility index (Phi) is 5.96. The summed E-state index contributed by atoms with van der Waals surface area (Å²) >= 11 is 4.80. The van der Waals surface area contributed by atoms with Crippen molar-refractivity contribution in [3.05, 3.63) is 20.8 Å². The van der Waals surface area contributed by atoms with Crippen molar-refractivity contribution in [2.24, 2.45) is 5.73 Å². The minimum absolute atomic E-state index is 0.315. The number of thiophene rings is 1. The van der Waals surface area contributed by atoms with Crippen molar-refractivity contribution in [2.75, 3.05) is 20.1 Å². The molecule has 9 heteroatoms. The monoisotopic (exact) mass is 363 g/mol. The van der Waals surface area contributed by atoms with Gasteiger partial charge in [-0.1, -0.05) is 0 Å². The Morgan fingerprint density at radius 1 is 1.40 bits per heavy atom. The molecule has 110 valence electrons. The lowest BCUT2D eigenvalue weighted by atomic mass is 10.3. The van der Waals surface area contributed by atoms with Gasteiger partial charge in [-0.25, -0.2) is 4.79 Å². The largest absolute Gasteiger partial charge is 0.480 e. The number of urea groups is 1. The number of hydrogen-bond acceptors (Lipinski definition) is 4. The van der Waals surface area contributed by atoms with Crippen LogP contribution < -0.4 is 5.73 Å². The van der Waals surface area contributed by atoms with Crippen LogP contribution in [0.3, 0.4) is 0 Å². The van der Waals surface area contributed by atoms with E-state index in [-0.39, 0.29) is 0 Å². The Morgan fingerprint density at radius 3 is 2.50 bits per heavy atom. The Bertz CT molecular complexity index is 504. The van der Waals surface area contributed by atoms with Crippen molar-refractivity contribution >= 4 is 45.2 Å². The molecule has 0 atom stereocenters. The molecule has 0 saturated carbocycles. The van der Waals surface area contributed by atoms with Crippen LogP contribution in [0, 0.1) is 0 Å². The molecular formula is C11H14BrN3O4S. The number of rotatable bonds is 6. The van der Waals surface area contributed by atoms with Crippen LogP contribution in [-0.4, -0.2) is 53.0 Å². The second-order valence-electron chi connectivity index (χ2n) is 4.11. The van der Waals surface area contributed by atoms with Crippen LogP contribution in [0.15, 0.2) is 15.2 Å². The third-order valence-corrected chi connectivity index (χ3v) is 3.86. The van der Waals surface area contributed by atoms with E-state index in [0.717, 1.165) is 14.2 Å². The molecule has 1 rings (SSSR count). The summed E-state index contributed by atoms with van der Waals surface area (Å²) in [4.78, 5) is 35.9. The molecule has 0 bridgehead atoms. The number of nitrogens with two attached hydrogens (primary N) is 1. The summed E-state index contributed by atoms with van der Waals surface area (Å²) in [6, 6.07) is 1.30. The maximum atomic E-state index is 12.1. The average Bonchev–Trinajstić information content (AvgIpc) is 2.71. The van der Waals surface area contributed by atoms with E-state index in [4.69, 9.17) is 10.8 Å². The molecule has 0 spiro atoms. The number of carbonyl (C=O) groups excluding carboxylic acids is 2. The molecular weight excluding hydrogens is 350 g/mol. The number of primary amides is 1. The zero-order valence-corrected chi connectivity index (χ0v) is 13.1. The van der Waals surface area contributed by atoms with E-state index in [2.05, 4.69) is 15.9 Å². The number of aliphatic carboxylic acids is 1. The normalized spacial score (nSPS) is 10.1. The SMILES string of the molecule is CN(Cc1csc(Br)c1)C(=O)N(CC(N)=O)CC(=O)O. The predicted molar refractivity (Wildman–Crippen MR) is 77.3 cm³/mol. The van der Waals surface area contributed by atoms with Gasteiger partial charge in [0.25, 0.3) is 0 Å². The van der Waals surface area contributed by atoms with Crippen molar-refractivity contribution in [3.63, 3.8) is 0 Å². The number of carboxylic acid groups (broad SMARTS) is 1. The quantitative estimate of drug-likeness (QED) is 0.784. The summed E-state index contributed by atoms with van der Waals surface area (Å²) < 4.78 is 0.938. The number of hydrogen-bond donors (Lipinski definition) is 2. The molecule has 3 amide bonds. The maximum Gasteiger partial charge on any atom is 0.323 e. The molecule has 0 unspecified atom stereocenters. The van der Waals surface area contributed by atoms with E-state index in [9.17, 15) is 14.4 Å². The van der Waals surface area contributed by atoms with E-state index in [1.54, 1.807) is 0 Å². The average molecular weight is 364 g/mol. The Morgan fingerprint density at radius 2 is 2.05 bits per heavy atom. The molecule has 0 aromatic carbocycles. The lowest BCUT2D eigenvalue weighted by molar-refractivity contribution is -0.138. The van der Waals surface area contributed by atoms with Gasteiger partial charge in [0.15, 0.2) is 0 Å². The lowest BCUT2D eigenvalue weighted by Crippen LogP contribution is -2.47. The van der Waals surface area contributed by atoms with Gasteiger partial charge < -0.3 is 20.6 Å². The fourth-order valence-corrected chi connectivity index (χ4v) is 2.75. The number of carboxylic acids is 1. The zero-order valence-electron chi connectivity index (χ0n) is 10.7. The van der Waals surface area contributed by atoms with Gasteiger partial charge in [-0.2, -0.15) is 0 Å². The topological polar surface area (TPSA) is 104 Å². The Labute approximate surface area is 128 Å². The third-order valence-electron chi connectivity index (χ3n) is 2.31. The fourth-order valence-electron chi connectivity index (χ4n) is 1.55. The van der Waals surface area contributed by atoms with Crippen molar-refractivity contribution in [1.82, 2.24) is 9.80 Å². The maximum absolute atomic E-state index is 12.1. The first-order valence-electron chi connectivity index (χ1n) is 5.52. The van der Waals surface area contributed by atoms with Crippen molar-refractivity contribution in [3.8, 4) is 0 Å². The van der Waals surface area contributed by atoms with Crippen molar-refractivity contribution < 1.29 is 19.5 Å². The summed E-state index contributed by atoms with van der Waals surface area (Å²) in [5.74, 6) is -1.96. The van der Waals surface area contributed by atoms with Gasteiger partial charge in [0.1, 0.15) is 13.1 Å². The summed E-state index contributed by atoms with van der Waals surface area (Å²) in [6.45, 7) is -0.682. The van der Waals surface area contributed by atoms with Gasteiger partial charge in [0.2, 0.25) is 5.91 Å². The molecule has 0 fully saturated rings. The predicted octanol–water partition coefficient (Wildman–Crippen LogP) is 0.934. The van der Waals surface area contributed by atoms with Crippen LogP contribution in [0.1, 0.15) is 5.56 Å². The first-order chi connectivity index (χ1) is 9.29. The molecule has 0 aliphatic carbocycles. The van der Waals surface area contributed by atoms with Crippen LogP contribution in [-0.2, 0) is 16.1 Å². The van der Waals surface area contributed by atoms with Gasteiger partial charge >= 0.3 is 12.0 Å². The second kappa shape index (κ2) is 7.25. The first-order valence-corrected chi connectivity index (χ1v) is 7.20. The Hall–Kier alpha value is -1.61. The number of halogens is 1. The van der Waals surface area contributed by atoms with E-state index in [0.29, 0.717) is 6.54 Å². The molecule has 7 nitrogen and oxygen atoms in total. The van der Waals surface area contributed by atoms with Gasteiger partial charge in [0.05, 0.1) is 3.79 Å². The van der Waals surface area contributed by atoms with Crippen molar-refractivity contribution in [2.45, 2.75) is 6.54 Å².